The van der Waals surface area contributed by atoms with E-state index >= 15 is 0 Å². The van der Waals surface area contributed by atoms with Crippen LogP contribution >= 0.6 is 11.3 Å². The maximum absolute atomic E-state index is 11.9. The SMILES string of the molecule is O=C(Cc1nc(-c2ccccc2)cs1)CC1OCCO1. The third-order valence-corrected chi connectivity index (χ3v) is 3.90. The number of ketones is 1. The minimum absolute atomic E-state index is 0.103. The standard InChI is InChI=1S/C15H15NO3S/c17-12(9-15-18-6-7-19-15)8-14-16-13(10-20-14)11-4-2-1-3-5-11/h1-5,10,15H,6-9H2. The highest BCUT2D eigenvalue weighted by atomic mass is 32.1. The molecular weight excluding hydrogens is 274 g/mol. The van der Waals surface area contributed by atoms with E-state index in [1.54, 1.807) is 0 Å². The van der Waals surface area contributed by atoms with Crippen molar-refractivity contribution in [1.82, 2.24) is 4.98 Å². The van der Waals surface area contributed by atoms with Crippen LogP contribution in [0.2, 0.25) is 0 Å². The first-order valence-electron chi connectivity index (χ1n) is 6.56. The molecule has 3 rings (SSSR count). The number of hydrogen-bond acceptors (Lipinski definition) is 5. The minimum Gasteiger partial charge on any atom is -0.350 e. The van der Waals surface area contributed by atoms with E-state index in [-0.39, 0.29) is 12.1 Å². The van der Waals surface area contributed by atoms with Gasteiger partial charge < -0.3 is 9.47 Å². The molecule has 0 aliphatic carbocycles. The van der Waals surface area contributed by atoms with Crippen LogP contribution in [0.5, 0.6) is 0 Å². The fraction of sp³-hybridized carbons (Fsp3) is 0.333. The van der Waals surface area contributed by atoms with Gasteiger partial charge >= 0.3 is 0 Å². The summed E-state index contributed by atoms with van der Waals surface area (Å²) in [6.45, 7) is 1.15. The number of nitrogens with zero attached hydrogens (tertiary/aromatic N) is 1. The number of rotatable bonds is 5. The van der Waals surface area contributed by atoms with Crippen molar-refractivity contribution in [2.75, 3.05) is 13.2 Å². The molecule has 1 aliphatic rings. The Morgan fingerprint density at radius 1 is 1.25 bits per heavy atom. The average molecular weight is 289 g/mol. The molecule has 1 fully saturated rings. The molecule has 0 unspecified atom stereocenters. The Morgan fingerprint density at radius 3 is 2.75 bits per heavy atom. The van der Waals surface area contributed by atoms with Crippen molar-refractivity contribution >= 4 is 17.1 Å². The van der Waals surface area contributed by atoms with Crippen LogP contribution in [0.1, 0.15) is 11.4 Å². The molecule has 0 amide bonds. The number of carbonyl (C=O) groups is 1. The summed E-state index contributed by atoms with van der Waals surface area (Å²) in [4.78, 5) is 16.4. The van der Waals surface area contributed by atoms with Crippen molar-refractivity contribution in [1.29, 1.82) is 0 Å². The molecular formula is C15H15NO3S. The molecule has 1 aromatic heterocycles. The Bertz CT molecular complexity index is 576. The highest BCUT2D eigenvalue weighted by Gasteiger charge is 2.20. The van der Waals surface area contributed by atoms with E-state index in [4.69, 9.17) is 9.47 Å². The van der Waals surface area contributed by atoms with Gasteiger partial charge in [0.1, 0.15) is 10.8 Å². The first-order chi connectivity index (χ1) is 9.81. The lowest BCUT2D eigenvalue weighted by atomic mass is 10.2. The molecule has 1 aliphatic heterocycles. The fourth-order valence-corrected chi connectivity index (χ4v) is 2.92. The molecule has 0 saturated carbocycles. The zero-order chi connectivity index (χ0) is 13.8. The third-order valence-electron chi connectivity index (χ3n) is 3.05. The number of benzene rings is 1. The van der Waals surface area contributed by atoms with Gasteiger partial charge in [0.2, 0.25) is 0 Å². The molecule has 1 aromatic carbocycles. The van der Waals surface area contributed by atoms with Gasteiger partial charge in [-0.05, 0) is 0 Å². The van der Waals surface area contributed by atoms with Gasteiger partial charge in [-0.15, -0.1) is 11.3 Å². The van der Waals surface area contributed by atoms with E-state index in [1.165, 1.54) is 11.3 Å². The number of carbonyl (C=O) groups excluding carboxylic acids is 1. The molecule has 0 spiro atoms. The summed E-state index contributed by atoms with van der Waals surface area (Å²) in [5, 5.41) is 2.83. The second-order valence-corrected chi connectivity index (χ2v) is 5.53. The van der Waals surface area contributed by atoms with Crippen molar-refractivity contribution in [3.63, 3.8) is 0 Å². The predicted molar refractivity (Wildman–Crippen MR) is 76.6 cm³/mol. The summed E-state index contributed by atoms with van der Waals surface area (Å²) >= 11 is 1.52. The number of ether oxygens (including phenoxy) is 2. The highest BCUT2D eigenvalue weighted by molar-refractivity contribution is 7.10. The van der Waals surface area contributed by atoms with Crippen LogP contribution in [0.3, 0.4) is 0 Å². The van der Waals surface area contributed by atoms with Gasteiger partial charge in [0.25, 0.3) is 0 Å². The molecule has 0 N–H and O–H groups in total. The lowest BCUT2D eigenvalue weighted by molar-refractivity contribution is -0.126. The molecule has 0 radical (unpaired) electrons. The number of hydrogen-bond donors (Lipinski definition) is 0. The first kappa shape index (κ1) is 13.4. The largest absolute Gasteiger partial charge is 0.350 e. The van der Waals surface area contributed by atoms with Crippen molar-refractivity contribution < 1.29 is 14.3 Å². The second-order valence-electron chi connectivity index (χ2n) is 4.58. The van der Waals surface area contributed by atoms with Crippen molar-refractivity contribution in [2.24, 2.45) is 0 Å². The van der Waals surface area contributed by atoms with Gasteiger partial charge in [0, 0.05) is 10.9 Å². The molecule has 2 heterocycles. The normalized spacial score (nSPS) is 15.6. The number of thiazole rings is 1. The molecule has 104 valence electrons. The second kappa shape index (κ2) is 6.26. The van der Waals surface area contributed by atoms with Crippen LogP contribution in [0, 0.1) is 0 Å². The molecule has 0 atom stereocenters. The quantitative estimate of drug-likeness (QED) is 0.849. The monoisotopic (exact) mass is 289 g/mol. The molecule has 1 saturated heterocycles. The molecule has 0 bridgehead atoms. The minimum atomic E-state index is -0.365. The average Bonchev–Trinajstić information content (AvgIpc) is 3.11. The van der Waals surface area contributed by atoms with Gasteiger partial charge in [0.15, 0.2) is 6.29 Å². The van der Waals surface area contributed by atoms with Gasteiger partial charge in [0.05, 0.1) is 31.7 Å². The van der Waals surface area contributed by atoms with E-state index < -0.39 is 0 Å². The Balaban J connectivity index is 1.61. The van der Waals surface area contributed by atoms with Gasteiger partial charge in [-0.25, -0.2) is 4.98 Å². The number of aromatic nitrogens is 1. The summed E-state index contributed by atoms with van der Waals surface area (Å²) < 4.78 is 10.6. The zero-order valence-corrected chi connectivity index (χ0v) is 11.8. The molecule has 20 heavy (non-hydrogen) atoms. The summed E-state index contributed by atoms with van der Waals surface area (Å²) in [7, 11) is 0. The Kier molecular flexibility index (Phi) is 4.20. The van der Waals surface area contributed by atoms with Crippen molar-refractivity contribution in [3.05, 3.63) is 40.7 Å². The summed E-state index contributed by atoms with van der Waals surface area (Å²) in [5.74, 6) is 0.103. The smallest absolute Gasteiger partial charge is 0.164 e. The topological polar surface area (TPSA) is 48.4 Å². The van der Waals surface area contributed by atoms with Crippen LogP contribution in [0.15, 0.2) is 35.7 Å². The van der Waals surface area contributed by atoms with Crippen LogP contribution in [-0.2, 0) is 20.7 Å². The van der Waals surface area contributed by atoms with Gasteiger partial charge in [-0.3, -0.25) is 4.79 Å². The van der Waals surface area contributed by atoms with Crippen molar-refractivity contribution in [3.8, 4) is 11.3 Å². The summed E-state index contributed by atoms with van der Waals surface area (Å²) in [5.41, 5.74) is 2.00. The van der Waals surface area contributed by atoms with Gasteiger partial charge in [-0.1, -0.05) is 30.3 Å². The Morgan fingerprint density at radius 2 is 2.00 bits per heavy atom. The first-order valence-corrected chi connectivity index (χ1v) is 7.44. The lowest BCUT2D eigenvalue weighted by Crippen LogP contribution is -2.15. The van der Waals surface area contributed by atoms with Crippen LogP contribution in [-0.4, -0.2) is 30.3 Å². The fourth-order valence-electron chi connectivity index (χ4n) is 2.09. The third kappa shape index (κ3) is 3.30. The Hall–Kier alpha value is -1.56. The maximum Gasteiger partial charge on any atom is 0.164 e. The predicted octanol–water partition coefficient (Wildman–Crippen LogP) is 2.68. The van der Waals surface area contributed by atoms with Crippen molar-refractivity contribution in [2.45, 2.75) is 19.1 Å². The molecule has 4 nitrogen and oxygen atoms in total. The van der Waals surface area contributed by atoms with E-state index in [2.05, 4.69) is 4.98 Å². The summed E-state index contributed by atoms with van der Waals surface area (Å²) in [6, 6.07) is 9.96. The maximum atomic E-state index is 11.9. The highest BCUT2D eigenvalue weighted by Crippen LogP contribution is 2.22. The zero-order valence-electron chi connectivity index (χ0n) is 11.0. The Labute approximate surface area is 121 Å². The van der Waals surface area contributed by atoms with Crippen LogP contribution in [0.25, 0.3) is 11.3 Å². The molecule has 5 heteroatoms. The van der Waals surface area contributed by atoms with E-state index in [9.17, 15) is 4.79 Å². The lowest BCUT2D eigenvalue weighted by Gasteiger charge is -2.06. The van der Waals surface area contributed by atoms with Crippen LogP contribution < -0.4 is 0 Å². The van der Waals surface area contributed by atoms with E-state index in [0.717, 1.165) is 16.3 Å². The summed E-state index contributed by atoms with van der Waals surface area (Å²) in [6.07, 6.45) is 0.289. The van der Waals surface area contributed by atoms with E-state index in [0.29, 0.717) is 26.1 Å². The number of Topliss-reactive ketones (excluding diaryl/α,β-unsaturated/α-hetero) is 1. The molecule has 2 aromatic rings. The van der Waals surface area contributed by atoms with Gasteiger partial charge in [-0.2, -0.15) is 0 Å². The van der Waals surface area contributed by atoms with E-state index in [1.807, 2.05) is 35.7 Å². The van der Waals surface area contributed by atoms with Crippen LogP contribution in [0.4, 0.5) is 0 Å².